The molecule has 11 heavy (non-hydrogen) atoms. The Morgan fingerprint density at radius 3 is 2.36 bits per heavy atom. The highest BCUT2D eigenvalue weighted by Crippen LogP contribution is 2.56. The molecule has 2 aliphatic rings. The maximum atomic E-state index is 10.8. The first-order valence-corrected chi connectivity index (χ1v) is 4.12. The van der Waals surface area contributed by atoms with Crippen LogP contribution in [0.1, 0.15) is 6.42 Å². The van der Waals surface area contributed by atoms with Gasteiger partial charge in [-0.1, -0.05) is 23.2 Å². The molecule has 2 heterocycles. The first kappa shape index (κ1) is 7.65. The zero-order valence-electron chi connectivity index (χ0n) is 5.68. The van der Waals surface area contributed by atoms with Gasteiger partial charge < -0.3 is 5.11 Å². The summed E-state index contributed by atoms with van der Waals surface area (Å²) in [5.41, 5.74) is -0.962. The number of rotatable bonds is 1. The van der Waals surface area contributed by atoms with Crippen molar-refractivity contribution >= 4 is 29.2 Å². The molecule has 1 unspecified atom stereocenters. The lowest BCUT2D eigenvalue weighted by molar-refractivity contribution is -0.140. The minimum Gasteiger partial charge on any atom is -0.480 e. The van der Waals surface area contributed by atoms with Crippen LogP contribution >= 0.6 is 23.2 Å². The lowest BCUT2D eigenvalue weighted by Crippen LogP contribution is -2.40. The van der Waals surface area contributed by atoms with Gasteiger partial charge in [-0.15, -0.1) is 0 Å². The highest BCUT2D eigenvalue weighted by Gasteiger charge is 2.74. The van der Waals surface area contributed by atoms with Crippen LogP contribution in [0.25, 0.3) is 0 Å². The van der Waals surface area contributed by atoms with Crippen molar-refractivity contribution in [3.8, 4) is 0 Å². The molecular formula is C6H7Cl2NO2. The van der Waals surface area contributed by atoms with Gasteiger partial charge in [-0.05, 0) is 6.42 Å². The number of nitrogens with zero attached hydrogens (tertiary/aromatic N) is 1. The average molecular weight is 196 g/mol. The van der Waals surface area contributed by atoms with Gasteiger partial charge in [0, 0.05) is 13.1 Å². The molecule has 5 heteroatoms. The van der Waals surface area contributed by atoms with E-state index in [2.05, 4.69) is 0 Å². The molecule has 2 fully saturated rings. The summed E-state index contributed by atoms with van der Waals surface area (Å²) in [6.45, 7) is 1.19. The van der Waals surface area contributed by atoms with E-state index in [0.717, 1.165) is 0 Å². The van der Waals surface area contributed by atoms with Crippen molar-refractivity contribution in [1.29, 1.82) is 0 Å². The third-order valence-electron chi connectivity index (χ3n) is 2.51. The molecule has 3 nitrogen and oxygen atoms in total. The molecule has 0 aliphatic carbocycles. The molecule has 0 bridgehead atoms. The van der Waals surface area contributed by atoms with Gasteiger partial charge in [0.05, 0.1) is 0 Å². The quantitative estimate of drug-likeness (QED) is 0.495. The second-order valence-electron chi connectivity index (χ2n) is 3.04. The fraction of sp³-hybridized carbons (Fsp3) is 0.833. The van der Waals surface area contributed by atoms with Gasteiger partial charge in [0.15, 0.2) is 5.54 Å². The predicted octanol–water partition coefficient (Wildman–Crippen LogP) is 0.703. The Balaban J connectivity index is 2.35. The fourth-order valence-corrected chi connectivity index (χ4v) is 2.39. The molecule has 0 spiro atoms. The number of alkyl halides is 2. The fourth-order valence-electron chi connectivity index (χ4n) is 1.70. The summed E-state index contributed by atoms with van der Waals surface area (Å²) in [6.07, 6.45) is 0.544. The van der Waals surface area contributed by atoms with Gasteiger partial charge in [0.25, 0.3) is 0 Å². The second kappa shape index (κ2) is 1.84. The van der Waals surface area contributed by atoms with Crippen LogP contribution in [0.15, 0.2) is 0 Å². The van der Waals surface area contributed by atoms with Gasteiger partial charge in [-0.3, -0.25) is 9.69 Å². The number of fused-ring (bicyclic) bond motifs is 1. The molecule has 0 aromatic rings. The van der Waals surface area contributed by atoms with Crippen LogP contribution in [0, 0.1) is 0 Å². The molecule has 0 aromatic carbocycles. The van der Waals surface area contributed by atoms with Crippen molar-refractivity contribution in [2.75, 3.05) is 13.1 Å². The third kappa shape index (κ3) is 0.713. The van der Waals surface area contributed by atoms with Crippen LogP contribution in [0.3, 0.4) is 0 Å². The predicted molar refractivity (Wildman–Crippen MR) is 41.0 cm³/mol. The molecular weight excluding hydrogens is 189 g/mol. The van der Waals surface area contributed by atoms with Crippen molar-refractivity contribution in [3.63, 3.8) is 0 Å². The minimum atomic E-state index is -1.08. The van der Waals surface area contributed by atoms with Gasteiger partial charge in [0.2, 0.25) is 0 Å². The largest absolute Gasteiger partial charge is 0.480 e. The van der Waals surface area contributed by atoms with Crippen molar-refractivity contribution in [2.45, 2.75) is 16.3 Å². The number of halogens is 2. The van der Waals surface area contributed by atoms with Crippen molar-refractivity contribution < 1.29 is 9.90 Å². The summed E-state index contributed by atoms with van der Waals surface area (Å²) in [5.74, 6) is -0.903. The molecule has 62 valence electrons. The summed E-state index contributed by atoms with van der Waals surface area (Å²) in [4.78, 5) is 12.6. The van der Waals surface area contributed by atoms with E-state index >= 15 is 0 Å². The maximum Gasteiger partial charge on any atom is 0.328 e. The molecule has 0 amide bonds. The molecule has 0 aromatic heterocycles. The molecule has 0 radical (unpaired) electrons. The van der Waals surface area contributed by atoms with E-state index in [0.29, 0.717) is 19.5 Å². The number of carbonyl (C=O) groups is 1. The molecule has 1 N–H and O–H groups in total. The Morgan fingerprint density at radius 2 is 2.18 bits per heavy atom. The molecule has 0 saturated carbocycles. The van der Waals surface area contributed by atoms with E-state index < -0.39 is 15.8 Å². The summed E-state index contributed by atoms with van der Waals surface area (Å²) >= 11 is 11.7. The van der Waals surface area contributed by atoms with Crippen LogP contribution in [0.4, 0.5) is 0 Å². The zero-order valence-corrected chi connectivity index (χ0v) is 7.19. The van der Waals surface area contributed by atoms with E-state index in [-0.39, 0.29) is 0 Å². The maximum absolute atomic E-state index is 10.8. The third-order valence-corrected chi connectivity index (χ3v) is 3.51. The highest BCUT2D eigenvalue weighted by molar-refractivity contribution is 6.51. The Hall–Kier alpha value is 0.01000. The van der Waals surface area contributed by atoms with Crippen LogP contribution in [-0.4, -0.2) is 38.9 Å². The van der Waals surface area contributed by atoms with Crippen molar-refractivity contribution in [2.24, 2.45) is 0 Å². The van der Waals surface area contributed by atoms with E-state index in [1.807, 2.05) is 0 Å². The molecule has 2 rings (SSSR count). The minimum absolute atomic E-state index is 0.495. The Kier molecular flexibility index (Phi) is 1.28. The van der Waals surface area contributed by atoms with Gasteiger partial charge in [-0.2, -0.15) is 0 Å². The summed E-state index contributed by atoms with van der Waals surface area (Å²) in [7, 11) is 0. The Labute approximate surface area is 73.9 Å². The number of hydrogen-bond donors (Lipinski definition) is 1. The molecule has 2 aliphatic heterocycles. The Morgan fingerprint density at radius 1 is 1.55 bits per heavy atom. The normalized spacial score (nSPS) is 45.1. The summed E-state index contributed by atoms with van der Waals surface area (Å²) in [5, 5.41) is 8.84. The van der Waals surface area contributed by atoms with Gasteiger partial charge >= 0.3 is 5.97 Å². The van der Waals surface area contributed by atoms with Gasteiger partial charge in [0.1, 0.15) is 4.33 Å². The van der Waals surface area contributed by atoms with E-state index in [1.54, 1.807) is 4.90 Å². The first-order chi connectivity index (χ1) is 5.01. The first-order valence-electron chi connectivity index (χ1n) is 3.37. The second-order valence-corrected chi connectivity index (χ2v) is 4.53. The Bertz CT molecular complexity index is 231. The lowest BCUT2D eigenvalue weighted by atomic mass is 10.1. The number of carboxylic acid groups (broad SMARTS) is 1. The molecule has 2 atom stereocenters. The lowest BCUT2D eigenvalue weighted by Gasteiger charge is -2.19. The summed E-state index contributed by atoms with van der Waals surface area (Å²) < 4.78 is -1.08. The number of carboxylic acids is 1. The molecule has 2 saturated heterocycles. The standard InChI is InChI=1S/C6H7Cl2NO2/c7-6(8)1-2-9-3-5(6,9)4(10)11/h1-3H2,(H,10,11)/t5-,9?/m1/s1. The number of hydrogen-bond acceptors (Lipinski definition) is 2. The number of piperidine rings is 1. The highest BCUT2D eigenvalue weighted by atomic mass is 35.5. The smallest absolute Gasteiger partial charge is 0.328 e. The topological polar surface area (TPSA) is 40.3 Å². The number of aliphatic carboxylic acids is 1. The van der Waals surface area contributed by atoms with Crippen molar-refractivity contribution in [1.82, 2.24) is 4.90 Å². The van der Waals surface area contributed by atoms with Gasteiger partial charge in [-0.25, -0.2) is 0 Å². The van der Waals surface area contributed by atoms with Crippen LogP contribution < -0.4 is 0 Å². The monoisotopic (exact) mass is 195 g/mol. The van der Waals surface area contributed by atoms with Crippen molar-refractivity contribution in [3.05, 3.63) is 0 Å². The van der Waals surface area contributed by atoms with Crippen LogP contribution in [0.2, 0.25) is 0 Å². The van der Waals surface area contributed by atoms with E-state index in [4.69, 9.17) is 28.3 Å². The zero-order chi connectivity index (χ0) is 8.28. The van der Waals surface area contributed by atoms with Crippen LogP contribution in [-0.2, 0) is 4.79 Å². The van der Waals surface area contributed by atoms with E-state index in [1.165, 1.54) is 0 Å². The SMILES string of the molecule is O=C(O)[C@@]12CN1CCC2(Cl)Cl. The van der Waals surface area contributed by atoms with E-state index in [9.17, 15) is 4.79 Å². The van der Waals surface area contributed by atoms with Crippen LogP contribution in [0.5, 0.6) is 0 Å². The summed E-state index contributed by atoms with van der Waals surface area (Å²) in [6, 6.07) is 0. The average Bonchev–Trinajstić information content (AvgIpc) is 2.53.